The van der Waals surface area contributed by atoms with E-state index in [0.717, 1.165) is 45.1 Å². The van der Waals surface area contributed by atoms with Crippen molar-refractivity contribution in [2.45, 2.75) is 82.3 Å². The first-order valence-electron chi connectivity index (χ1n) is 8.02. The largest absolute Gasteiger partial charge is 0.411 e. The van der Waals surface area contributed by atoms with Gasteiger partial charge in [0.15, 0.2) is 0 Å². The van der Waals surface area contributed by atoms with Gasteiger partial charge in [0, 0.05) is 18.7 Å². The Labute approximate surface area is 124 Å². The molecule has 1 aliphatic carbocycles. The Hall–Kier alpha value is -0.330. The Morgan fingerprint density at radius 1 is 1.14 bits per heavy atom. The lowest BCUT2D eigenvalue weighted by molar-refractivity contribution is -0.188. The highest BCUT2D eigenvalue weighted by Crippen LogP contribution is 2.26. The van der Waals surface area contributed by atoms with Crippen molar-refractivity contribution in [1.82, 2.24) is 5.32 Å². The average molecular weight is 309 g/mol. The third kappa shape index (κ3) is 6.12. The van der Waals surface area contributed by atoms with Crippen LogP contribution in [-0.4, -0.2) is 43.7 Å². The van der Waals surface area contributed by atoms with Crippen LogP contribution in [0.5, 0.6) is 0 Å². The van der Waals surface area contributed by atoms with Gasteiger partial charge >= 0.3 is 6.18 Å². The second-order valence-corrected chi connectivity index (χ2v) is 6.20. The third-order valence-electron chi connectivity index (χ3n) is 4.40. The van der Waals surface area contributed by atoms with Crippen LogP contribution in [-0.2, 0) is 9.47 Å². The Kier molecular flexibility index (Phi) is 6.32. The maximum atomic E-state index is 12.2. The number of alkyl halides is 3. The van der Waals surface area contributed by atoms with E-state index in [1.54, 1.807) is 0 Å². The molecule has 124 valence electrons. The molecule has 1 saturated carbocycles. The molecule has 0 radical (unpaired) electrons. The van der Waals surface area contributed by atoms with Gasteiger partial charge in [-0.15, -0.1) is 0 Å². The first-order valence-corrected chi connectivity index (χ1v) is 8.02. The van der Waals surface area contributed by atoms with Crippen LogP contribution < -0.4 is 5.32 Å². The summed E-state index contributed by atoms with van der Waals surface area (Å²) in [4.78, 5) is 0. The van der Waals surface area contributed by atoms with Gasteiger partial charge in [0.05, 0.1) is 12.2 Å². The second kappa shape index (κ2) is 7.79. The van der Waals surface area contributed by atoms with Crippen molar-refractivity contribution in [1.29, 1.82) is 0 Å². The molecule has 1 aliphatic heterocycles. The monoisotopic (exact) mass is 309 g/mol. The van der Waals surface area contributed by atoms with Gasteiger partial charge in [-0.25, -0.2) is 0 Å². The highest BCUT2D eigenvalue weighted by molar-refractivity contribution is 4.84. The van der Waals surface area contributed by atoms with Gasteiger partial charge in [-0.3, -0.25) is 0 Å². The maximum Gasteiger partial charge on any atom is 0.411 e. The van der Waals surface area contributed by atoms with Gasteiger partial charge in [-0.05, 0) is 44.9 Å². The molecule has 0 spiro atoms. The Morgan fingerprint density at radius 2 is 1.90 bits per heavy atom. The van der Waals surface area contributed by atoms with Crippen molar-refractivity contribution < 1.29 is 22.6 Å². The first kappa shape index (κ1) is 17.0. The summed E-state index contributed by atoms with van der Waals surface area (Å²) in [6.07, 6.45) is 2.21. The molecule has 4 atom stereocenters. The maximum absolute atomic E-state index is 12.2. The number of rotatable bonds is 5. The summed E-state index contributed by atoms with van der Waals surface area (Å²) in [7, 11) is 0. The van der Waals surface area contributed by atoms with Gasteiger partial charge in [0.2, 0.25) is 0 Å². The Morgan fingerprint density at radius 3 is 2.62 bits per heavy atom. The zero-order valence-electron chi connectivity index (χ0n) is 12.6. The van der Waals surface area contributed by atoms with Crippen LogP contribution in [0.25, 0.3) is 0 Å². The van der Waals surface area contributed by atoms with Gasteiger partial charge in [-0.2, -0.15) is 13.2 Å². The summed E-state index contributed by atoms with van der Waals surface area (Å²) >= 11 is 0. The van der Waals surface area contributed by atoms with Crippen LogP contribution in [0, 0.1) is 0 Å². The summed E-state index contributed by atoms with van der Waals surface area (Å²) in [5, 5.41) is 3.61. The molecule has 3 nitrogen and oxygen atoms in total. The molecule has 0 aromatic rings. The molecule has 1 heterocycles. The fourth-order valence-electron chi connectivity index (χ4n) is 3.31. The minimum absolute atomic E-state index is 0.264. The number of ether oxygens (including phenoxy) is 2. The molecule has 0 aromatic heterocycles. The van der Waals surface area contributed by atoms with E-state index >= 15 is 0 Å². The predicted molar refractivity (Wildman–Crippen MR) is 74.2 cm³/mol. The minimum Gasteiger partial charge on any atom is -0.378 e. The van der Waals surface area contributed by atoms with Crippen LogP contribution in [0.2, 0.25) is 0 Å². The Bertz CT molecular complexity index is 312. The van der Waals surface area contributed by atoms with Crippen molar-refractivity contribution in [2.24, 2.45) is 0 Å². The number of hydrogen-bond donors (Lipinski definition) is 1. The van der Waals surface area contributed by atoms with Crippen LogP contribution >= 0.6 is 0 Å². The van der Waals surface area contributed by atoms with E-state index in [4.69, 9.17) is 9.47 Å². The molecule has 2 rings (SSSR count). The van der Waals surface area contributed by atoms with E-state index in [1.165, 1.54) is 0 Å². The summed E-state index contributed by atoms with van der Waals surface area (Å²) < 4.78 is 47.3. The van der Waals surface area contributed by atoms with E-state index in [1.807, 2.05) is 0 Å². The van der Waals surface area contributed by atoms with Crippen LogP contribution in [0.4, 0.5) is 13.2 Å². The number of nitrogens with one attached hydrogen (secondary N) is 1. The van der Waals surface area contributed by atoms with Gasteiger partial charge in [0.1, 0.15) is 6.61 Å². The van der Waals surface area contributed by atoms with E-state index in [-0.39, 0.29) is 12.1 Å². The standard InChI is InChI=1S/C15H26F3NO2/c1-2-13-8-12(6-7-20-13)19-11-4-3-5-14(9-11)21-10-15(16,17)18/h11-14,19H,2-10H2,1H3. The minimum atomic E-state index is -4.23. The summed E-state index contributed by atoms with van der Waals surface area (Å²) in [6.45, 7) is 1.77. The molecule has 0 bridgehead atoms. The smallest absolute Gasteiger partial charge is 0.378 e. The summed E-state index contributed by atoms with van der Waals surface area (Å²) in [5.41, 5.74) is 0. The normalized spacial score (nSPS) is 34.9. The topological polar surface area (TPSA) is 30.5 Å². The fourth-order valence-corrected chi connectivity index (χ4v) is 3.31. The molecule has 1 saturated heterocycles. The lowest BCUT2D eigenvalue weighted by atomic mass is 9.91. The van der Waals surface area contributed by atoms with Crippen LogP contribution in [0.15, 0.2) is 0 Å². The number of halogens is 3. The summed E-state index contributed by atoms with van der Waals surface area (Å²) in [5.74, 6) is 0. The molecule has 2 fully saturated rings. The van der Waals surface area contributed by atoms with Crippen LogP contribution in [0.1, 0.15) is 51.9 Å². The highest BCUT2D eigenvalue weighted by Gasteiger charge is 2.32. The Balaban J connectivity index is 1.73. The average Bonchev–Trinajstić information content (AvgIpc) is 2.45. The quantitative estimate of drug-likeness (QED) is 0.844. The molecule has 4 unspecified atom stereocenters. The lowest BCUT2D eigenvalue weighted by Crippen LogP contribution is -2.46. The van der Waals surface area contributed by atoms with E-state index in [0.29, 0.717) is 18.6 Å². The molecule has 0 aromatic carbocycles. The van der Waals surface area contributed by atoms with Gasteiger partial charge in [0.25, 0.3) is 0 Å². The van der Waals surface area contributed by atoms with Crippen molar-refractivity contribution >= 4 is 0 Å². The molecular formula is C15H26F3NO2. The van der Waals surface area contributed by atoms with Crippen molar-refractivity contribution in [3.05, 3.63) is 0 Å². The van der Waals surface area contributed by atoms with Crippen LogP contribution in [0.3, 0.4) is 0 Å². The van der Waals surface area contributed by atoms with Gasteiger partial charge in [-0.1, -0.05) is 6.92 Å². The predicted octanol–water partition coefficient (Wildman–Crippen LogP) is 3.42. The van der Waals surface area contributed by atoms with E-state index in [9.17, 15) is 13.2 Å². The number of hydrogen-bond acceptors (Lipinski definition) is 3. The van der Waals surface area contributed by atoms with Crippen molar-refractivity contribution in [3.63, 3.8) is 0 Å². The zero-order valence-corrected chi connectivity index (χ0v) is 12.6. The fraction of sp³-hybridized carbons (Fsp3) is 1.00. The highest BCUT2D eigenvalue weighted by atomic mass is 19.4. The first-order chi connectivity index (χ1) is 9.96. The van der Waals surface area contributed by atoms with Gasteiger partial charge < -0.3 is 14.8 Å². The molecular weight excluding hydrogens is 283 g/mol. The van der Waals surface area contributed by atoms with Crippen molar-refractivity contribution in [2.75, 3.05) is 13.2 Å². The SMILES string of the molecule is CCC1CC(NC2CCCC(OCC(F)(F)F)C2)CCO1. The molecule has 6 heteroatoms. The summed E-state index contributed by atoms with van der Waals surface area (Å²) in [6, 6.07) is 0.702. The van der Waals surface area contributed by atoms with E-state index in [2.05, 4.69) is 12.2 Å². The lowest BCUT2D eigenvalue weighted by Gasteiger charge is -2.36. The molecule has 21 heavy (non-hydrogen) atoms. The van der Waals surface area contributed by atoms with Crippen molar-refractivity contribution in [3.8, 4) is 0 Å². The van der Waals surface area contributed by atoms with E-state index < -0.39 is 12.8 Å². The third-order valence-corrected chi connectivity index (χ3v) is 4.40. The zero-order chi connectivity index (χ0) is 15.3. The molecule has 0 amide bonds. The molecule has 1 N–H and O–H groups in total. The second-order valence-electron chi connectivity index (χ2n) is 6.20. The molecule has 2 aliphatic rings.